The van der Waals surface area contributed by atoms with Gasteiger partial charge in [0.1, 0.15) is 5.60 Å². The van der Waals surface area contributed by atoms with Crippen molar-refractivity contribution < 1.29 is 9.53 Å². The monoisotopic (exact) mass is 334 g/mol. The maximum atomic E-state index is 11.3. The number of halogens is 1. The van der Waals surface area contributed by atoms with E-state index in [9.17, 15) is 4.79 Å². The van der Waals surface area contributed by atoms with Crippen molar-refractivity contribution in [2.45, 2.75) is 32.9 Å². The van der Waals surface area contributed by atoms with E-state index < -0.39 is 11.7 Å². The van der Waals surface area contributed by atoms with Crippen LogP contribution >= 0.6 is 22.6 Å². The fourth-order valence-corrected chi connectivity index (χ4v) is 1.31. The summed E-state index contributed by atoms with van der Waals surface area (Å²) in [5.74, 6) is 0. The summed E-state index contributed by atoms with van der Waals surface area (Å²) in [7, 11) is 0. The lowest BCUT2D eigenvalue weighted by molar-refractivity contribution is 0.0523. The van der Waals surface area contributed by atoms with Gasteiger partial charge in [-0.05, 0) is 55.5 Å². The van der Waals surface area contributed by atoms with Gasteiger partial charge >= 0.3 is 6.09 Å². The molecule has 1 heterocycles. The van der Waals surface area contributed by atoms with Crippen molar-refractivity contribution in [2.75, 3.05) is 0 Å². The number of pyridine rings is 1. The molecule has 0 spiro atoms. The molecule has 0 aliphatic rings. The van der Waals surface area contributed by atoms with Gasteiger partial charge in [-0.2, -0.15) is 0 Å². The Morgan fingerprint density at radius 3 is 2.69 bits per heavy atom. The number of nitrogens with zero attached hydrogens (tertiary/aromatic N) is 1. The first-order valence-corrected chi connectivity index (χ1v) is 6.02. The van der Waals surface area contributed by atoms with Crippen molar-refractivity contribution >= 4 is 28.7 Å². The smallest absolute Gasteiger partial charge is 0.407 e. The Morgan fingerprint density at radius 2 is 2.19 bits per heavy atom. The maximum absolute atomic E-state index is 11.3. The van der Waals surface area contributed by atoms with Gasteiger partial charge in [-0.3, -0.25) is 4.98 Å². The summed E-state index contributed by atoms with van der Waals surface area (Å²) in [6.07, 6.45) is 1.33. The van der Waals surface area contributed by atoms with E-state index in [1.54, 1.807) is 6.20 Å². The second-order valence-corrected chi connectivity index (χ2v) is 5.57. The Labute approximate surface area is 109 Å². The van der Waals surface area contributed by atoms with E-state index >= 15 is 0 Å². The number of rotatable bonds is 2. The number of aromatic nitrogens is 1. The van der Waals surface area contributed by atoms with Gasteiger partial charge in [-0.1, -0.05) is 0 Å². The first-order valence-electron chi connectivity index (χ1n) is 4.94. The average molecular weight is 334 g/mol. The van der Waals surface area contributed by atoms with Gasteiger partial charge in [0.05, 0.1) is 12.2 Å². The topological polar surface area (TPSA) is 51.2 Å². The molecule has 1 amide bonds. The van der Waals surface area contributed by atoms with Crippen LogP contribution in [-0.4, -0.2) is 16.7 Å². The van der Waals surface area contributed by atoms with Gasteiger partial charge in [0.15, 0.2) is 0 Å². The van der Waals surface area contributed by atoms with Gasteiger partial charge in [-0.25, -0.2) is 4.79 Å². The summed E-state index contributed by atoms with van der Waals surface area (Å²) in [5.41, 5.74) is 0.343. The van der Waals surface area contributed by atoms with Crippen LogP contribution in [0.15, 0.2) is 18.3 Å². The zero-order chi connectivity index (χ0) is 12.2. The number of hydrogen-bond donors (Lipinski definition) is 1. The molecule has 0 bridgehead atoms. The molecule has 1 aromatic heterocycles. The van der Waals surface area contributed by atoms with Gasteiger partial charge in [0.25, 0.3) is 0 Å². The van der Waals surface area contributed by atoms with Crippen LogP contribution in [0.2, 0.25) is 0 Å². The molecule has 0 atom stereocenters. The van der Waals surface area contributed by atoms with E-state index in [0.29, 0.717) is 6.54 Å². The van der Waals surface area contributed by atoms with Crippen LogP contribution < -0.4 is 5.32 Å². The predicted molar refractivity (Wildman–Crippen MR) is 70.0 cm³/mol. The molecular formula is C11H15IN2O2. The lowest BCUT2D eigenvalue weighted by atomic mass is 10.2. The maximum Gasteiger partial charge on any atom is 0.407 e. The summed E-state index contributed by atoms with van der Waals surface area (Å²) in [5, 5.41) is 2.65. The third kappa shape index (κ3) is 5.29. The molecule has 88 valence electrons. The quantitative estimate of drug-likeness (QED) is 0.846. The van der Waals surface area contributed by atoms with Gasteiger partial charge in [-0.15, -0.1) is 0 Å². The van der Waals surface area contributed by atoms with Crippen molar-refractivity contribution in [3.05, 3.63) is 27.6 Å². The summed E-state index contributed by atoms with van der Waals surface area (Å²) in [6, 6.07) is 3.82. The summed E-state index contributed by atoms with van der Waals surface area (Å²) in [4.78, 5) is 15.5. The second kappa shape index (κ2) is 5.47. The van der Waals surface area contributed by atoms with Crippen LogP contribution in [0.1, 0.15) is 26.5 Å². The Hall–Kier alpha value is -0.850. The summed E-state index contributed by atoms with van der Waals surface area (Å²) in [6.45, 7) is 5.87. The lowest BCUT2D eigenvalue weighted by Gasteiger charge is -2.19. The minimum atomic E-state index is -0.469. The normalized spacial score (nSPS) is 11.0. The Morgan fingerprint density at radius 1 is 1.50 bits per heavy atom. The number of ether oxygens (including phenoxy) is 1. The molecule has 5 heteroatoms. The number of carbonyl (C=O) groups excluding carboxylic acids is 1. The van der Waals surface area contributed by atoms with Crippen molar-refractivity contribution in [3.63, 3.8) is 0 Å². The second-order valence-electron chi connectivity index (χ2n) is 4.32. The highest BCUT2D eigenvalue weighted by Crippen LogP contribution is 2.07. The molecule has 0 aromatic carbocycles. The van der Waals surface area contributed by atoms with Crippen LogP contribution in [0.3, 0.4) is 0 Å². The first kappa shape index (κ1) is 13.2. The molecule has 0 unspecified atom stereocenters. The van der Waals surface area contributed by atoms with Gasteiger partial charge < -0.3 is 10.1 Å². The van der Waals surface area contributed by atoms with E-state index in [4.69, 9.17) is 4.74 Å². The molecule has 0 aliphatic carbocycles. The zero-order valence-electron chi connectivity index (χ0n) is 9.58. The van der Waals surface area contributed by atoms with Crippen LogP contribution in [0.4, 0.5) is 4.79 Å². The standard InChI is InChI=1S/C11H15IN2O2/c1-11(2,3)16-10(15)14-7-9-5-4-8(12)6-13-9/h4-6H,7H2,1-3H3,(H,14,15). The number of carbonyl (C=O) groups is 1. The summed E-state index contributed by atoms with van der Waals surface area (Å²) >= 11 is 2.18. The minimum absolute atomic E-state index is 0.381. The minimum Gasteiger partial charge on any atom is -0.444 e. The zero-order valence-corrected chi connectivity index (χ0v) is 11.7. The molecule has 0 saturated carbocycles. The fraction of sp³-hybridized carbons (Fsp3) is 0.455. The highest BCUT2D eigenvalue weighted by atomic mass is 127. The highest BCUT2D eigenvalue weighted by Gasteiger charge is 2.15. The first-order chi connectivity index (χ1) is 7.37. The number of nitrogens with one attached hydrogen (secondary N) is 1. The van der Waals surface area contributed by atoms with E-state index in [0.717, 1.165) is 9.26 Å². The Bertz CT molecular complexity index is 357. The molecule has 1 aromatic rings. The van der Waals surface area contributed by atoms with Crippen molar-refractivity contribution in [3.8, 4) is 0 Å². The molecule has 4 nitrogen and oxygen atoms in total. The molecule has 1 rings (SSSR count). The van der Waals surface area contributed by atoms with Crippen LogP contribution in [-0.2, 0) is 11.3 Å². The predicted octanol–water partition coefficient (Wildman–Crippen LogP) is 2.71. The lowest BCUT2D eigenvalue weighted by Crippen LogP contribution is -2.32. The van der Waals surface area contributed by atoms with Crippen LogP contribution in [0, 0.1) is 3.57 Å². The van der Waals surface area contributed by atoms with E-state index in [2.05, 4.69) is 32.9 Å². The average Bonchev–Trinajstić information content (AvgIpc) is 2.14. The van der Waals surface area contributed by atoms with E-state index in [-0.39, 0.29) is 0 Å². The molecule has 0 fully saturated rings. The van der Waals surface area contributed by atoms with Crippen molar-refractivity contribution in [2.24, 2.45) is 0 Å². The molecule has 0 aliphatic heterocycles. The number of amides is 1. The Kier molecular flexibility index (Phi) is 4.52. The van der Waals surface area contributed by atoms with E-state index in [1.165, 1.54) is 0 Å². The van der Waals surface area contributed by atoms with Gasteiger partial charge in [0.2, 0.25) is 0 Å². The molecular weight excluding hydrogens is 319 g/mol. The molecule has 0 radical (unpaired) electrons. The van der Waals surface area contributed by atoms with Crippen molar-refractivity contribution in [1.82, 2.24) is 10.3 Å². The Balaban J connectivity index is 2.40. The third-order valence-electron chi connectivity index (χ3n) is 1.60. The number of hydrogen-bond acceptors (Lipinski definition) is 3. The molecule has 1 N–H and O–H groups in total. The molecule has 16 heavy (non-hydrogen) atoms. The van der Waals surface area contributed by atoms with Crippen LogP contribution in [0.25, 0.3) is 0 Å². The largest absolute Gasteiger partial charge is 0.444 e. The van der Waals surface area contributed by atoms with Crippen LogP contribution in [0.5, 0.6) is 0 Å². The van der Waals surface area contributed by atoms with E-state index in [1.807, 2.05) is 32.9 Å². The number of alkyl carbamates (subject to hydrolysis) is 1. The SMILES string of the molecule is CC(C)(C)OC(=O)NCc1ccc(I)cn1. The fourth-order valence-electron chi connectivity index (χ4n) is 0.988. The molecule has 0 saturated heterocycles. The van der Waals surface area contributed by atoms with Gasteiger partial charge in [0, 0.05) is 9.77 Å². The van der Waals surface area contributed by atoms with Crippen molar-refractivity contribution in [1.29, 1.82) is 0 Å². The third-order valence-corrected chi connectivity index (χ3v) is 2.24. The highest BCUT2D eigenvalue weighted by molar-refractivity contribution is 14.1. The summed E-state index contributed by atoms with van der Waals surface area (Å²) < 4.78 is 6.17.